The van der Waals surface area contributed by atoms with E-state index >= 15 is 0 Å². The van der Waals surface area contributed by atoms with Crippen LogP contribution in [-0.2, 0) is 4.74 Å². The number of hydrogen-bond donors (Lipinski definition) is 2. The van der Waals surface area contributed by atoms with Crippen molar-refractivity contribution >= 4 is 0 Å². The van der Waals surface area contributed by atoms with E-state index in [0.717, 1.165) is 25.3 Å². The summed E-state index contributed by atoms with van der Waals surface area (Å²) in [5.41, 5.74) is 1.89. The van der Waals surface area contributed by atoms with Crippen molar-refractivity contribution in [1.82, 2.24) is 4.90 Å². The second-order valence-corrected chi connectivity index (χ2v) is 8.65. The Morgan fingerprint density at radius 3 is 2.92 bits per heavy atom. The van der Waals surface area contributed by atoms with Gasteiger partial charge in [-0.05, 0) is 61.5 Å². The Kier molecular flexibility index (Phi) is 6.02. The molecule has 24 heavy (non-hydrogen) atoms. The quantitative estimate of drug-likeness (QED) is 0.669. The van der Waals surface area contributed by atoms with Gasteiger partial charge in [0.1, 0.15) is 0 Å². The molecule has 2 fully saturated rings. The summed E-state index contributed by atoms with van der Waals surface area (Å²) in [5.74, 6) is 1.55. The number of piperidine rings is 1. The normalized spacial score (nSPS) is 33.7. The first-order valence-electron chi connectivity index (χ1n) is 9.82. The van der Waals surface area contributed by atoms with E-state index in [4.69, 9.17) is 4.74 Å². The number of likely N-dealkylation sites (tertiary alicyclic amines) is 1. The molecule has 4 heteroatoms. The number of nitrogens with zero attached hydrogens (tertiary/aromatic N) is 1. The van der Waals surface area contributed by atoms with E-state index in [0.29, 0.717) is 37.1 Å². The molecule has 4 atom stereocenters. The third-order valence-corrected chi connectivity index (χ3v) is 6.82. The number of rotatable bonds is 8. The molecule has 4 aliphatic rings. The zero-order valence-electron chi connectivity index (χ0n) is 15.4. The number of β-amino-alcohol motifs (C(OH)–C–C–N with tert-alkyl or cyclic N) is 1. The Morgan fingerprint density at radius 1 is 1.38 bits per heavy atom. The fraction of sp³-hybridized carbons (Fsp3) is 0.900. The monoisotopic (exact) mass is 337 g/mol. The molecule has 1 heterocycles. The number of aliphatic hydroxyl groups excluding tert-OH is 2. The summed E-state index contributed by atoms with van der Waals surface area (Å²) in [5, 5.41) is 19.6. The topological polar surface area (TPSA) is 52.9 Å². The van der Waals surface area contributed by atoms with Gasteiger partial charge in [0.2, 0.25) is 0 Å². The molecule has 138 valence electrons. The van der Waals surface area contributed by atoms with Crippen molar-refractivity contribution < 1.29 is 14.9 Å². The van der Waals surface area contributed by atoms with Crippen LogP contribution < -0.4 is 0 Å². The molecule has 2 bridgehead atoms. The third kappa shape index (κ3) is 3.87. The largest absolute Gasteiger partial charge is 0.396 e. The zero-order valence-corrected chi connectivity index (χ0v) is 15.4. The zero-order chi connectivity index (χ0) is 17.2. The van der Waals surface area contributed by atoms with Gasteiger partial charge >= 0.3 is 0 Å². The molecule has 4 unspecified atom stereocenters. The highest BCUT2D eigenvalue weighted by atomic mass is 16.5. The SMILES string of the molecule is CC1(C)C2CC=C(COCC(O)CN3CCCCC3CCO)C1C2. The van der Waals surface area contributed by atoms with Gasteiger partial charge in [0, 0.05) is 19.2 Å². The maximum atomic E-state index is 10.3. The lowest BCUT2D eigenvalue weighted by Gasteiger charge is -2.56. The van der Waals surface area contributed by atoms with Gasteiger partial charge in [0.15, 0.2) is 0 Å². The molecule has 0 aromatic heterocycles. The van der Waals surface area contributed by atoms with E-state index in [1.807, 2.05) is 0 Å². The molecule has 0 amide bonds. The van der Waals surface area contributed by atoms with Crippen molar-refractivity contribution in [3.63, 3.8) is 0 Å². The van der Waals surface area contributed by atoms with E-state index < -0.39 is 6.10 Å². The lowest BCUT2D eigenvalue weighted by atomic mass is 9.49. The van der Waals surface area contributed by atoms with Crippen molar-refractivity contribution in [2.45, 2.75) is 64.5 Å². The van der Waals surface area contributed by atoms with Gasteiger partial charge in [-0.15, -0.1) is 0 Å². The summed E-state index contributed by atoms with van der Waals surface area (Å²) in [4.78, 5) is 2.34. The average molecular weight is 338 g/mol. The van der Waals surface area contributed by atoms with Crippen molar-refractivity contribution in [2.75, 3.05) is 32.9 Å². The maximum absolute atomic E-state index is 10.3. The molecule has 1 saturated heterocycles. The summed E-state index contributed by atoms with van der Waals surface area (Å²) in [6.07, 6.45) is 8.84. The number of fused-ring (bicyclic) bond motifs is 1. The number of ether oxygens (including phenoxy) is 1. The molecule has 1 saturated carbocycles. The smallest absolute Gasteiger partial charge is 0.0900 e. The van der Waals surface area contributed by atoms with Gasteiger partial charge in [0.25, 0.3) is 0 Å². The Bertz CT molecular complexity index is 446. The number of hydrogen-bond acceptors (Lipinski definition) is 4. The van der Waals surface area contributed by atoms with Crippen LogP contribution in [0.5, 0.6) is 0 Å². The predicted molar refractivity (Wildman–Crippen MR) is 95.8 cm³/mol. The van der Waals surface area contributed by atoms with Crippen LogP contribution in [0.15, 0.2) is 11.6 Å². The lowest BCUT2D eigenvalue weighted by Crippen LogP contribution is -2.49. The highest BCUT2D eigenvalue weighted by molar-refractivity contribution is 5.23. The highest BCUT2D eigenvalue weighted by Gasteiger charge is 2.50. The van der Waals surface area contributed by atoms with Gasteiger partial charge in [0.05, 0.1) is 19.3 Å². The van der Waals surface area contributed by atoms with Crippen LogP contribution in [0.1, 0.15) is 52.4 Å². The molecular formula is C20H35NO3. The second-order valence-electron chi connectivity index (χ2n) is 8.65. The minimum Gasteiger partial charge on any atom is -0.396 e. The first kappa shape index (κ1) is 18.4. The summed E-state index contributed by atoms with van der Waals surface area (Å²) in [6.45, 7) is 7.79. The molecule has 4 rings (SSSR count). The van der Waals surface area contributed by atoms with Crippen molar-refractivity contribution in [1.29, 1.82) is 0 Å². The minimum atomic E-state index is -0.435. The maximum Gasteiger partial charge on any atom is 0.0900 e. The van der Waals surface area contributed by atoms with E-state index in [-0.39, 0.29) is 6.61 Å². The highest BCUT2D eigenvalue weighted by Crippen LogP contribution is 2.59. The van der Waals surface area contributed by atoms with E-state index in [2.05, 4.69) is 24.8 Å². The second kappa shape index (κ2) is 7.86. The fourth-order valence-electron chi connectivity index (χ4n) is 5.05. The standard InChI is InChI=1S/C20H35NO3/c1-20(2)16-7-6-15(19(20)11-16)13-24-14-18(23)12-21-9-4-3-5-17(21)8-10-22/h6,16-19,22-23H,3-5,7-14H2,1-2H3. The number of allylic oxidation sites excluding steroid dienone is 1. The minimum absolute atomic E-state index is 0.236. The molecule has 1 aliphatic heterocycles. The first-order valence-corrected chi connectivity index (χ1v) is 9.82. The molecule has 0 aromatic carbocycles. The van der Waals surface area contributed by atoms with Gasteiger partial charge in [-0.25, -0.2) is 0 Å². The van der Waals surface area contributed by atoms with Crippen LogP contribution >= 0.6 is 0 Å². The summed E-state index contributed by atoms with van der Waals surface area (Å²) >= 11 is 0. The lowest BCUT2D eigenvalue weighted by molar-refractivity contribution is -0.0292. The third-order valence-electron chi connectivity index (χ3n) is 6.82. The van der Waals surface area contributed by atoms with Crippen molar-refractivity contribution in [3.05, 3.63) is 11.6 Å². The summed E-state index contributed by atoms with van der Waals surface area (Å²) < 4.78 is 5.87. The van der Waals surface area contributed by atoms with Gasteiger partial charge in [-0.3, -0.25) is 4.90 Å². The van der Waals surface area contributed by atoms with E-state index in [1.54, 1.807) is 0 Å². The molecule has 0 aromatic rings. The van der Waals surface area contributed by atoms with Crippen LogP contribution in [0, 0.1) is 17.3 Å². The molecule has 0 radical (unpaired) electrons. The predicted octanol–water partition coefficient (Wildman–Crippen LogP) is 2.59. The molecule has 4 nitrogen and oxygen atoms in total. The Labute approximate surface area is 146 Å². The van der Waals surface area contributed by atoms with E-state index in [9.17, 15) is 10.2 Å². The van der Waals surface area contributed by atoms with Crippen LogP contribution in [0.4, 0.5) is 0 Å². The summed E-state index contributed by atoms with van der Waals surface area (Å²) in [6, 6.07) is 0.423. The van der Waals surface area contributed by atoms with Crippen LogP contribution in [0.3, 0.4) is 0 Å². The number of aliphatic hydroxyl groups is 2. The van der Waals surface area contributed by atoms with Gasteiger partial charge in [-0.1, -0.05) is 26.3 Å². The van der Waals surface area contributed by atoms with Crippen molar-refractivity contribution in [3.8, 4) is 0 Å². The first-order chi connectivity index (χ1) is 11.5. The Morgan fingerprint density at radius 2 is 2.21 bits per heavy atom. The van der Waals surface area contributed by atoms with Gasteiger partial charge < -0.3 is 14.9 Å². The fourth-order valence-corrected chi connectivity index (χ4v) is 5.05. The molecule has 2 N–H and O–H groups in total. The Hall–Kier alpha value is -0.420. The van der Waals surface area contributed by atoms with Gasteiger partial charge in [-0.2, -0.15) is 0 Å². The van der Waals surface area contributed by atoms with Crippen LogP contribution in [0.2, 0.25) is 0 Å². The molecular weight excluding hydrogens is 302 g/mol. The average Bonchev–Trinajstić information content (AvgIpc) is 2.57. The summed E-state index contributed by atoms with van der Waals surface area (Å²) in [7, 11) is 0. The van der Waals surface area contributed by atoms with Crippen LogP contribution in [-0.4, -0.2) is 60.2 Å². The molecule has 0 spiro atoms. The van der Waals surface area contributed by atoms with E-state index in [1.165, 1.54) is 31.3 Å². The Balaban J connectivity index is 1.39. The van der Waals surface area contributed by atoms with Crippen LogP contribution in [0.25, 0.3) is 0 Å². The van der Waals surface area contributed by atoms with Crippen molar-refractivity contribution in [2.24, 2.45) is 17.3 Å². The molecule has 3 aliphatic carbocycles.